The van der Waals surface area contributed by atoms with E-state index in [0.29, 0.717) is 31.9 Å². The van der Waals surface area contributed by atoms with Crippen molar-refractivity contribution in [3.8, 4) is 0 Å². The van der Waals surface area contributed by atoms with Gasteiger partial charge in [-0.1, -0.05) is 6.58 Å². The Kier molecular flexibility index (Phi) is 6.81. The van der Waals surface area contributed by atoms with Gasteiger partial charge >= 0.3 is 5.97 Å². The standard InChI is InChI=1S/C8H13ClO3/c1-7(8(10)11)3-2-5-12-6-4-9/h1-6H2,(H,10,11). The van der Waals surface area contributed by atoms with Crippen molar-refractivity contribution in [2.24, 2.45) is 0 Å². The molecule has 0 saturated carbocycles. The van der Waals surface area contributed by atoms with Crippen molar-refractivity contribution in [1.82, 2.24) is 0 Å². The summed E-state index contributed by atoms with van der Waals surface area (Å²) in [6.07, 6.45) is 1.15. The van der Waals surface area contributed by atoms with Crippen molar-refractivity contribution in [3.63, 3.8) is 0 Å². The third-order valence-corrected chi connectivity index (χ3v) is 1.45. The molecule has 0 aliphatic carbocycles. The fourth-order valence-corrected chi connectivity index (χ4v) is 0.760. The SMILES string of the molecule is C=C(CCCOCCCl)C(=O)O. The quantitative estimate of drug-likeness (QED) is 0.379. The van der Waals surface area contributed by atoms with Crippen molar-refractivity contribution in [2.75, 3.05) is 19.1 Å². The normalized spacial score (nSPS) is 9.75. The van der Waals surface area contributed by atoms with Crippen molar-refractivity contribution in [1.29, 1.82) is 0 Å². The zero-order valence-electron chi connectivity index (χ0n) is 6.88. The maximum absolute atomic E-state index is 10.3. The molecule has 0 aromatic carbocycles. The highest BCUT2D eigenvalue weighted by Gasteiger charge is 2.02. The molecule has 0 aromatic heterocycles. The first-order valence-electron chi connectivity index (χ1n) is 3.73. The monoisotopic (exact) mass is 192 g/mol. The van der Waals surface area contributed by atoms with Crippen LogP contribution >= 0.6 is 11.6 Å². The number of carbonyl (C=O) groups is 1. The average molecular weight is 193 g/mol. The molecule has 0 bridgehead atoms. The van der Waals surface area contributed by atoms with Crippen molar-refractivity contribution in [3.05, 3.63) is 12.2 Å². The molecule has 0 aliphatic rings. The molecule has 0 saturated heterocycles. The smallest absolute Gasteiger partial charge is 0.330 e. The van der Waals surface area contributed by atoms with E-state index in [2.05, 4.69) is 6.58 Å². The second-order valence-corrected chi connectivity index (χ2v) is 2.69. The van der Waals surface area contributed by atoms with E-state index in [1.165, 1.54) is 0 Å². The van der Waals surface area contributed by atoms with Gasteiger partial charge in [0, 0.05) is 18.1 Å². The highest BCUT2D eigenvalue weighted by atomic mass is 35.5. The Hall–Kier alpha value is -0.540. The van der Waals surface area contributed by atoms with E-state index in [1.807, 2.05) is 0 Å². The van der Waals surface area contributed by atoms with Crippen molar-refractivity contribution in [2.45, 2.75) is 12.8 Å². The maximum Gasteiger partial charge on any atom is 0.330 e. The molecule has 3 nitrogen and oxygen atoms in total. The molecule has 0 spiro atoms. The summed E-state index contributed by atoms with van der Waals surface area (Å²) in [4.78, 5) is 10.3. The number of hydrogen-bond acceptors (Lipinski definition) is 2. The number of alkyl halides is 1. The van der Waals surface area contributed by atoms with Gasteiger partial charge in [0.15, 0.2) is 0 Å². The number of halogens is 1. The molecule has 0 aliphatic heterocycles. The number of carboxylic acids is 1. The minimum absolute atomic E-state index is 0.226. The molecule has 0 amide bonds. The molecular weight excluding hydrogens is 180 g/mol. The minimum Gasteiger partial charge on any atom is -0.478 e. The number of carboxylic acid groups (broad SMARTS) is 1. The van der Waals surface area contributed by atoms with Crippen LogP contribution in [-0.4, -0.2) is 30.2 Å². The first-order valence-corrected chi connectivity index (χ1v) is 4.26. The lowest BCUT2D eigenvalue weighted by Crippen LogP contribution is -2.02. The Bertz CT molecular complexity index is 156. The lowest BCUT2D eigenvalue weighted by atomic mass is 10.2. The summed E-state index contributed by atoms with van der Waals surface area (Å²) in [5, 5.41) is 8.42. The molecule has 0 aromatic rings. The topological polar surface area (TPSA) is 46.5 Å². The summed E-state index contributed by atoms with van der Waals surface area (Å²) in [5.41, 5.74) is 0.226. The van der Waals surface area contributed by atoms with Gasteiger partial charge in [0.2, 0.25) is 0 Å². The predicted molar refractivity (Wildman–Crippen MR) is 47.5 cm³/mol. The summed E-state index contributed by atoms with van der Waals surface area (Å²) in [5.74, 6) is -0.466. The van der Waals surface area contributed by atoms with Crippen LogP contribution in [-0.2, 0) is 9.53 Å². The van der Waals surface area contributed by atoms with E-state index in [4.69, 9.17) is 21.4 Å². The fourth-order valence-electron chi connectivity index (χ4n) is 0.651. The van der Waals surface area contributed by atoms with Gasteiger partial charge in [-0.3, -0.25) is 0 Å². The van der Waals surface area contributed by atoms with Crippen molar-refractivity contribution < 1.29 is 14.6 Å². The average Bonchev–Trinajstić information content (AvgIpc) is 2.03. The fraction of sp³-hybridized carbons (Fsp3) is 0.625. The number of ether oxygens (including phenoxy) is 1. The van der Waals surface area contributed by atoms with E-state index in [9.17, 15) is 4.79 Å². The van der Waals surface area contributed by atoms with Gasteiger partial charge in [-0.2, -0.15) is 0 Å². The summed E-state index contributed by atoms with van der Waals surface area (Å²) < 4.78 is 5.05. The van der Waals surface area contributed by atoms with E-state index in [1.54, 1.807) is 0 Å². The third-order valence-electron chi connectivity index (χ3n) is 1.29. The largest absolute Gasteiger partial charge is 0.478 e. The lowest BCUT2D eigenvalue weighted by Gasteiger charge is -2.01. The molecule has 0 unspecified atom stereocenters. The molecule has 1 N–H and O–H groups in total. The van der Waals surface area contributed by atoms with Crippen LogP contribution in [0.4, 0.5) is 0 Å². The van der Waals surface area contributed by atoms with Gasteiger partial charge in [-0.05, 0) is 12.8 Å². The van der Waals surface area contributed by atoms with Crippen molar-refractivity contribution >= 4 is 17.6 Å². The van der Waals surface area contributed by atoms with E-state index in [0.717, 1.165) is 0 Å². The van der Waals surface area contributed by atoms with Crippen LogP contribution in [0.25, 0.3) is 0 Å². The number of rotatable bonds is 7. The van der Waals surface area contributed by atoms with Crippen LogP contribution in [0.3, 0.4) is 0 Å². The zero-order chi connectivity index (χ0) is 9.40. The summed E-state index contributed by atoms with van der Waals surface area (Å²) >= 11 is 5.36. The predicted octanol–water partition coefficient (Wildman–Crippen LogP) is 1.66. The Morgan fingerprint density at radius 3 is 2.67 bits per heavy atom. The molecule has 4 heteroatoms. The van der Waals surface area contributed by atoms with Gasteiger partial charge < -0.3 is 9.84 Å². The van der Waals surface area contributed by atoms with Crippen LogP contribution in [0.5, 0.6) is 0 Å². The number of aliphatic carboxylic acids is 1. The Morgan fingerprint density at radius 1 is 1.50 bits per heavy atom. The van der Waals surface area contributed by atoms with E-state index >= 15 is 0 Å². The molecule has 0 heterocycles. The van der Waals surface area contributed by atoms with Crippen LogP contribution < -0.4 is 0 Å². The van der Waals surface area contributed by atoms with E-state index < -0.39 is 5.97 Å². The molecular formula is C8H13ClO3. The highest BCUT2D eigenvalue weighted by Crippen LogP contribution is 2.01. The number of hydrogen-bond donors (Lipinski definition) is 1. The third kappa shape index (κ3) is 6.19. The first-order chi connectivity index (χ1) is 5.68. The Labute approximate surface area is 77.0 Å². The molecule has 0 fully saturated rings. The Balaban J connectivity index is 3.20. The van der Waals surface area contributed by atoms with Gasteiger partial charge in [0.25, 0.3) is 0 Å². The van der Waals surface area contributed by atoms with Crippen LogP contribution in [0.15, 0.2) is 12.2 Å². The second kappa shape index (κ2) is 7.13. The maximum atomic E-state index is 10.3. The van der Waals surface area contributed by atoms with Gasteiger partial charge in [0.05, 0.1) is 6.61 Å². The summed E-state index contributed by atoms with van der Waals surface area (Å²) in [6.45, 7) is 4.45. The van der Waals surface area contributed by atoms with Gasteiger partial charge in [0.1, 0.15) is 0 Å². The summed E-state index contributed by atoms with van der Waals surface area (Å²) in [7, 11) is 0. The highest BCUT2D eigenvalue weighted by molar-refractivity contribution is 6.17. The van der Waals surface area contributed by atoms with Gasteiger partial charge in [-0.15, -0.1) is 11.6 Å². The van der Waals surface area contributed by atoms with Crippen LogP contribution in [0.1, 0.15) is 12.8 Å². The van der Waals surface area contributed by atoms with Crippen LogP contribution in [0, 0.1) is 0 Å². The molecule has 12 heavy (non-hydrogen) atoms. The summed E-state index contributed by atoms with van der Waals surface area (Å²) in [6, 6.07) is 0. The Morgan fingerprint density at radius 2 is 2.17 bits per heavy atom. The van der Waals surface area contributed by atoms with Crippen LogP contribution in [0.2, 0.25) is 0 Å². The molecule has 0 rings (SSSR count). The van der Waals surface area contributed by atoms with E-state index in [-0.39, 0.29) is 5.57 Å². The first kappa shape index (κ1) is 11.5. The zero-order valence-corrected chi connectivity index (χ0v) is 7.64. The van der Waals surface area contributed by atoms with Gasteiger partial charge in [-0.25, -0.2) is 4.79 Å². The molecule has 0 atom stereocenters. The molecule has 70 valence electrons. The molecule has 0 radical (unpaired) electrons. The lowest BCUT2D eigenvalue weighted by molar-refractivity contribution is -0.132. The minimum atomic E-state index is -0.938. The second-order valence-electron chi connectivity index (χ2n) is 2.31.